The third-order valence-corrected chi connectivity index (χ3v) is 12.3. The van der Waals surface area contributed by atoms with Gasteiger partial charge in [0.2, 0.25) is 0 Å². The Kier molecular flexibility index (Phi) is 13.7. The van der Waals surface area contributed by atoms with Gasteiger partial charge in [0.25, 0.3) is 0 Å². The SMILES string of the molecule is CCCCC1CCC(c2ccc(Oc3ccc(C4CCC(CCCC)CC4)cc3Cc3ccc(C(F)(F)F)cc3)c(Cc3ccc(C(F)(F)F)cc3)c2)CC1. The monoisotopic (exact) mass is 762 g/mol. The zero-order valence-corrected chi connectivity index (χ0v) is 32.4. The summed E-state index contributed by atoms with van der Waals surface area (Å²) in [5.41, 5.74) is 4.44. The van der Waals surface area contributed by atoms with Gasteiger partial charge in [-0.15, -0.1) is 0 Å². The Hall–Kier alpha value is -3.74. The van der Waals surface area contributed by atoms with Crippen LogP contribution in [0.4, 0.5) is 26.3 Å². The van der Waals surface area contributed by atoms with Crippen molar-refractivity contribution in [3.63, 3.8) is 0 Å². The summed E-state index contributed by atoms with van der Waals surface area (Å²) in [7, 11) is 0. The number of alkyl halides is 6. The lowest BCUT2D eigenvalue weighted by atomic mass is 9.76. The van der Waals surface area contributed by atoms with Crippen LogP contribution >= 0.6 is 0 Å². The lowest BCUT2D eigenvalue weighted by Crippen LogP contribution is -2.14. The van der Waals surface area contributed by atoms with Crippen LogP contribution in [0.15, 0.2) is 84.9 Å². The summed E-state index contributed by atoms with van der Waals surface area (Å²) >= 11 is 0. The minimum absolute atomic E-state index is 0.404. The average Bonchev–Trinajstić information content (AvgIpc) is 3.17. The molecular weight excluding hydrogens is 707 g/mol. The van der Waals surface area contributed by atoms with Gasteiger partial charge in [-0.1, -0.05) is 101 Å². The van der Waals surface area contributed by atoms with Crippen molar-refractivity contribution >= 4 is 0 Å². The van der Waals surface area contributed by atoms with E-state index in [9.17, 15) is 26.3 Å². The molecule has 1 nitrogen and oxygen atoms in total. The summed E-state index contributed by atoms with van der Waals surface area (Å²) in [5, 5.41) is 0. The lowest BCUT2D eigenvalue weighted by Gasteiger charge is -2.30. The van der Waals surface area contributed by atoms with E-state index >= 15 is 0 Å². The van der Waals surface area contributed by atoms with E-state index in [1.54, 1.807) is 24.3 Å². The third-order valence-electron chi connectivity index (χ3n) is 12.3. The zero-order chi connectivity index (χ0) is 39.0. The highest BCUT2D eigenvalue weighted by Gasteiger charge is 2.31. The van der Waals surface area contributed by atoms with Crippen LogP contribution in [-0.4, -0.2) is 0 Å². The second-order valence-corrected chi connectivity index (χ2v) is 16.3. The van der Waals surface area contributed by atoms with Gasteiger partial charge in [0.1, 0.15) is 11.5 Å². The van der Waals surface area contributed by atoms with Crippen molar-refractivity contribution in [1.82, 2.24) is 0 Å². The number of halogens is 6. The second kappa shape index (κ2) is 18.5. The van der Waals surface area contributed by atoms with Gasteiger partial charge >= 0.3 is 12.4 Å². The smallest absolute Gasteiger partial charge is 0.416 e. The summed E-state index contributed by atoms with van der Waals surface area (Å²) in [6, 6.07) is 23.4. The molecule has 0 atom stereocenters. The number of benzene rings is 4. The number of rotatable bonds is 14. The van der Waals surface area contributed by atoms with E-state index in [0.717, 1.165) is 84.0 Å². The van der Waals surface area contributed by atoms with Crippen LogP contribution < -0.4 is 4.74 Å². The van der Waals surface area contributed by atoms with Crippen LogP contribution in [0, 0.1) is 11.8 Å². The first-order chi connectivity index (χ1) is 26.4. The molecule has 0 aliphatic heterocycles. The fourth-order valence-electron chi connectivity index (χ4n) is 8.92. The summed E-state index contributed by atoms with van der Waals surface area (Å²) in [5.74, 6) is 3.66. The molecule has 2 saturated carbocycles. The maximum Gasteiger partial charge on any atom is 0.416 e. The molecule has 0 aromatic heterocycles. The third kappa shape index (κ3) is 11.2. The molecule has 4 aromatic rings. The van der Waals surface area contributed by atoms with Crippen molar-refractivity contribution in [2.24, 2.45) is 11.8 Å². The van der Waals surface area contributed by atoms with Gasteiger partial charge in [0, 0.05) is 12.8 Å². The maximum atomic E-state index is 13.4. The predicted octanol–water partition coefficient (Wildman–Crippen LogP) is 15.6. The fourth-order valence-corrected chi connectivity index (χ4v) is 8.92. The second-order valence-electron chi connectivity index (χ2n) is 16.3. The number of hydrogen-bond donors (Lipinski definition) is 0. The molecule has 55 heavy (non-hydrogen) atoms. The van der Waals surface area contributed by atoms with E-state index < -0.39 is 23.5 Å². The highest BCUT2D eigenvalue weighted by Crippen LogP contribution is 2.43. The van der Waals surface area contributed by atoms with Gasteiger partial charge in [-0.3, -0.25) is 0 Å². The number of unbranched alkanes of at least 4 members (excludes halogenated alkanes) is 2. The van der Waals surface area contributed by atoms with E-state index in [1.807, 2.05) is 12.1 Å². The summed E-state index contributed by atoms with van der Waals surface area (Å²) in [4.78, 5) is 0. The van der Waals surface area contributed by atoms with E-state index in [1.165, 1.54) is 75.3 Å². The molecule has 0 unspecified atom stereocenters. The van der Waals surface area contributed by atoms with Crippen LogP contribution in [-0.2, 0) is 25.2 Å². The molecule has 4 aromatic carbocycles. The Morgan fingerprint density at radius 2 is 0.855 bits per heavy atom. The molecule has 2 fully saturated rings. The Morgan fingerprint density at radius 3 is 1.18 bits per heavy atom. The highest BCUT2D eigenvalue weighted by molar-refractivity contribution is 5.48. The topological polar surface area (TPSA) is 9.23 Å². The molecule has 7 heteroatoms. The van der Waals surface area contributed by atoms with Gasteiger partial charge < -0.3 is 4.74 Å². The Morgan fingerprint density at radius 1 is 0.491 bits per heavy atom. The van der Waals surface area contributed by atoms with Crippen molar-refractivity contribution in [2.75, 3.05) is 0 Å². The van der Waals surface area contributed by atoms with Crippen molar-refractivity contribution in [2.45, 2.75) is 141 Å². The van der Waals surface area contributed by atoms with E-state index in [0.29, 0.717) is 36.2 Å². The molecule has 6 rings (SSSR count). The van der Waals surface area contributed by atoms with Crippen LogP contribution in [0.2, 0.25) is 0 Å². The molecule has 0 heterocycles. The summed E-state index contributed by atoms with van der Waals surface area (Å²) < 4.78 is 87.3. The van der Waals surface area contributed by atoms with Crippen LogP contribution in [0.5, 0.6) is 11.5 Å². The Labute approximate surface area is 323 Å². The molecule has 2 aliphatic rings. The van der Waals surface area contributed by atoms with Gasteiger partial charge in [-0.05, 0) is 145 Å². The van der Waals surface area contributed by atoms with E-state index in [-0.39, 0.29) is 0 Å². The van der Waals surface area contributed by atoms with Gasteiger partial charge in [0.15, 0.2) is 0 Å². The minimum atomic E-state index is -4.41. The number of hydrogen-bond acceptors (Lipinski definition) is 1. The van der Waals surface area contributed by atoms with E-state index in [2.05, 4.69) is 38.1 Å². The first-order valence-corrected chi connectivity index (χ1v) is 20.6. The van der Waals surface area contributed by atoms with Crippen LogP contribution in [0.1, 0.15) is 160 Å². The van der Waals surface area contributed by atoms with Crippen molar-refractivity contribution in [3.8, 4) is 11.5 Å². The maximum absolute atomic E-state index is 13.4. The first-order valence-electron chi connectivity index (χ1n) is 20.6. The van der Waals surface area contributed by atoms with Crippen molar-refractivity contribution in [1.29, 1.82) is 0 Å². The first kappa shape index (κ1) is 40.9. The van der Waals surface area contributed by atoms with Crippen LogP contribution in [0.25, 0.3) is 0 Å². The normalized spacial score (nSPS) is 20.7. The van der Waals surface area contributed by atoms with Crippen LogP contribution in [0.3, 0.4) is 0 Å². The largest absolute Gasteiger partial charge is 0.457 e. The summed E-state index contributed by atoms with van der Waals surface area (Å²) in [6.45, 7) is 4.47. The predicted molar refractivity (Wildman–Crippen MR) is 210 cm³/mol. The Bertz CT molecular complexity index is 1660. The molecule has 0 bridgehead atoms. The molecule has 0 saturated heterocycles. The van der Waals surface area contributed by atoms with Crippen molar-refractivity contribution < 1.29 is 31.1 Å². The van der Waals surface area contributed by atoms with Crippen molar-refractivity contribution in [3.05, 3.63) is 129 Å². The van der Waals surface area contributed by atoms with Gasteiger partial charge in [-0.2, -0.15) is 26.3 Å². The fraction of sp³-hybridized carbons (Fsp3) is 0.500. The van der Waals surface area contributed by atoms with Gasteiger partial charge in [0.05, 0.1) is 11.1 Å². The minimum Gasteiger partial charge on any atom is -0.457 e. The molecule has 2 aliphatic carbocycles. The molecular formula is C48H56F6O. The lowest BCUT2D eigenvalue weighted by molar-refractivity contribution is -0.138. The van der Waals surface area contributed by atoms with E-state index in [4.69, 9.17) is 4.74 Å². The quantitative estimate of drug-likeness (QED) is 0.116. The average molecular weight is 763 g/mol. The summed E-state index contributed by atoms with van der Waals surface area (Å²) in [6.07, 6.45) is 8.80. The molecule has 296 valence electrons. The van der Waals surface area contributed by atoms with Gasteiger partial charge in [-0.25, -0.2) is 0 Å². The molecule has 0 amide bonds. The Balaban J connectivity index is 1.30. The molecule has 0 spiro atoms. The molecule has 0 radical (unpaired) electrons. The standard InChI is InChI=1S/C48H56F6O/c1-3-5-7-33-9-17-37(18-10-33)39-21-27-45(41(31-39)29-35-13-23-43(24-14-35)47(49,50)51)55-46-28-22-40(38-19-11-34(12-20-38)8-6-4-2)32-42(46)30-36-15-25-44(26-16-36)48(52,53)54/h13-16,21-28,31-34,37-38H,3-12,17-20,29-30H2,1-2H3. The highest BCUT2D eigenvalue weighted by atomic mass is 19.4. The molecule has 0 N–H and O–H groups in total. The zero-order valence-electron chi connectivity index (χ0n) is 32.4. The number of ether oxygens (including phenoxy) is 1.